The van der Waals surface area contributed by atoms with Crippen LogP contribution in [0.2, 0.25) is 5.02 Å². The predicted octanol–water partition coefficient (Wildman–Crippen LogP) is 4.70. The summed E-state index contributed by atoms with van der Waals surface area (Å²) in [5.41, 5.74) is 1.76. The number of hydrogen-bond acceptors (Lipinski definition) is 5. The highest BCUT2D eigenvalue weighted by atomic mass is 35.5. The van der Waals surface area contributed by atoms with Gasteiger partial charge >= 0.3 is 0 Å². The summed E-state index contributed by atoms with van der Waals surface area (Å²) in [5.74, 6) is 1.96. The third-order valence-corrected chi connectivity index (χ3v) is 6.05. The number of likely N-dealkylation sites (tertiary alicyclic amines) is 1. The maximum atomic E-state index is 12.5. The van der Waals surface area contributed by atoms with Gasteiger partial charge < -0.3 is 9.64 Å². The molecule has 1 amide bonds. The van der Waals surface area contributed by atoms with Gasteiger partial charge in [0.1, 0.15) is 5.75 Å². The number of ether oxygens (including phenoxy) is 1. The second-order valence-corrected chi connectivity index (χ2v) is 8.33. The van der Waals surface area contributed by atoms with Gasteiger partial charge in [-0.05, 0) is 56.2 Å². The second kappa shape index (κ2) is 9.53. The minimum Gasteiger partial charge on any atom is -0.494 e. The Hall–Kier alpha value is -2.51. The average molecular weight is 443 g/mol. The average Bonchev–Trinajstić information content (AvgIpc) is 3.43. The number of nitrogens with zero attached hydrogens (tertiary/aromatic N) is 4. The van der Waals surface area contributed by atoms with Crippen molar-refractivity contribution in [1.82, 2.24) is 19.7 Å². The molecule has 0 spiro atoms. The minimum absolute atomic E-state index is 0.142. The molecule has 1 aliphatic heterocycles. The van der Waals surface area contributed by atoms with E-state index in [0.29, 0.717) is 28.4 Å². The van der Waals surface area contributed by atoms with E-state index in [1.54, 1.807) is 0 Å². The van der Waals surface area contributed by atoms with Crippen LogP contribution in [-0.2, 0) is 4.79 Å². The van der Waals surface area contributed by atoms with E-state index in [1.807, 2.05) is 64.9 Å². The largest absolute Gasteiger partial charge is 0.494 e. The Morgan fingerprint density at radius 3 is 2.60 bits per heavy atom. The van der Waals surface area contributed by atoms with Gasteiger partial charge in [-0.2, -0.15) is 0 Å². The van der Waals surface area contributed by atoms with Gasteiger partial charge in [0.05, 0.1) is 12.4 Å². The molecule has 1 aromatic heterocycles. The van der Waals surface area contributed by atoms with E-state index < -0.39 is 0 Å². The van der Waals surface area contributed by atoms with Crippen LogP contribution in [0.5, 0.6) is 5.75 Å². The van der Waals surface area contributed by atoms with Gasteiger partial charge in [-0.25, -0.2) is 0 Å². The summed E-state index contributed by atoms with van der Waals surface area (Å²) in [7, 11) is 0. The summed E-state index contributed by atoms with van der Waals surface area (Å²) in [6.45, 7) is 4.26. The van der Waals surface area contributed by atoms with E-state index in [1.165, 1.54) is 11.8 Å². The van der Waals surface area contributed by atoms with E-state index in [2.05, 4.69) is 10.2 Å². The van der Waals surface area contributed by atoms with Crippen molar-refractivity contribution in [1.29, 1.82) is 0 Å². The molecule has 0 N–H and O–H groups in total. The Balaban J connectivity index is 1.66. The van der Waals surface area contributed by atoms with Gasteiger partial charge in [0.2, 0.25) is 5.91 Å². The van der Waals surface area contributed by atoms with Crippen LogP contribution in [0.15, 0.2) is 53.7 Å². The van der Waals surface area contributed by atoms with Gasteiger partial charge in [0, 0.05) is 29.4 Å². The first-order valence-electron chi connectivity index (χ1n) is 10.0. The van der Waals surface area contributed by atoms with Crippen molar-refractivity contribution >= 4 is 29.3 Å². The third-order valence-electron chi connectivity index (χ3n) is 4.91. The molecule has 0 radical (unpaired) electrons. The molecule has 0 atom stereocenters. The third kappa shape index (κ3) is 4.63. The Labute approximate surface area is 185 Å². The Bertz CT molecular complexity index is 1020. The molecule has 30 heavy (non-hydrogen) atoms. The molecule has 6 nitrogen and oxygen atoms in total. The van der Waals surface area contributed by atoms with Crippen molar-refractivity contribution in [3.63, 3.8) is 0 Å². The number of thioether (sulfide) groups is 1. The number of amides is 1. The first kappa shape index (κ1) is 20.8. The predicted molar refractivity (Wildman–Crippen MR) is 120 cm³/mol. The van der Waals surface area contributed by atoms with Crippen LogP contribution in [0, 0.1) is 0 Å². The smallest absolute Gasteiger partial charge is 0.233 e. The first-order valence-corrected chi connectivity index (χ1v) is 11.4. The molecule has 0 unspecified atom stereocenters. The number of rotatable bonds is 7. The van der Waals surface area contributed by atoms with Crippen molar-refractivity contribution in [3.8, 4) is 22.8 Å². The first-order chi connectivity index (χ1) is 14.7. The molecular formula is C22H23ClN4O2S. The lowest BCUT2D eigenvalue weighted by Gasteiger charge is -2.15. The summed E-state index contributed by atoms with van der Waals surface area (Å²) >= 11 is 7.61. The molecule has 1 saturated heterocycles. The van der Waals surface area contributed by atoms with Crippen LogP contribution in [0.1, 0.15) is 19.8 Å². The standard InChI is InChI=1S/C22H23ClN4O2S/c1-2-29-19-10-8-18(9-11-19)27-21(16-6-5-7-17(23)14-16)24-25-22(27)30-15-20(28)26-12-3-4-13-26/h5-11,14H,2-4,12-13,15H2,1H3. The van der Waals surface area contributed by atoms with Gasteiger partial charge in [-0.1, -0.05) is 35.5 Å². The van der Waals surface area contributed by atoms with Gasteiger partial charge in [0.25, 0.3) is 0 Å². The fraction of sp³-hybridized carbons (Fsp3) is 0.318. The van der Waals surface area contributed by atoms with Crippen molar-refractivity contribution in [3.05, 3.63) is 53.6 Å². The van der Waals surface area contributed by atoms with Crippen molar-refractivity contribution in [2.75, 3.05) is 25.4 Å². The molecule has 0 bridgehead atoms. The monoisotopic (exact) mass is 442 g/mol. The summed E-state index contributed by atoms with van der Waals surface area (Å²) in [5, 5.41) is 10.1. The summed E-state index contributed by atoms with van der Waals surface area (Å²) in [4.78, 5) is 14.4. The lowest BCUT2D eigenvalue weighted by Crippen LogP contribution is -2.29. The number of carbonyl (C=O) groups excluding carboxylic acids is 1. The second-order valence-electron chi connectivity index (χ2n) is 6.96. The maximum Gasteiger partial charge on any atom is 0.233 e. The minimum atomic E-state index is 0.142. The van der Waals surface area contributed by atoms with Crippen LogP contribution in [0.4, 0.5) is 0 Å². The van der Waals surface area contributed by atoms with Crippen LogP contribution < -0.4 is 4.74 Å². The SMILES string of the molecule is CCOc1ccc(-n2c(SCC(=O)N3CCCC3)nnc2-c2cccc(Cl)c2)cc1. The molecule has 1 fully saturated rings. The van der Waals surface area contributed by atoms with Crippen molar-refractivity contribution < 1.29 is 9.53 Å². The fourth-order valence-corrected chi connectivity index (χ4v) is 4.50. The maximum absolute atomic E-state index is 12.5. The Morgan fingerprint density at radius 2 is 1.90 bits per heavy atom. The quantitative estimate of drug-likeness (QED) is 0.496. The molecule has 0 aliphatic carbocycles. The number of carbonyl (C=O) groups is 1. The lowest BCUT2D eigenvalue weighted by molar-refractivity contribution is -0.127. The van der Waals surface area contributed by atoms with Crippen LogP contribution in [0.25, 0.3) is 17.1 Å². The molecule has 156 valence electrons. The molecule has 3 aromatic rings. The molecule has 4 rings (SSSR count). The Morgan fingerprint density at radius 1 is 1.13 bits per heavy atom. The van der Waals surface area contributed by atoms with Gasteiger partial charge in [0.15, 0.2) is 11.0 Å². The zero-order chi connectivity index (χ0) is 20.9. The van der Waals surface area contributed by atoms with E-state index >= 15 is 0 Å². The number of aromatic nitrogens is 3. The van der Waals surface area contributed by atoms with Gasteiger partial charge in [-0.3, -0.25) is 9.36 Å². The van der Waals surface area contributed by atoms with Crippen LogP contribution in [-0.4, -0.2) is 51.0 Å². The molecule has 1 aliphatic rings. The number of hydrogen-bond donors (Lipinski definition) is 0. The van der Waals surface area contributed by atoms with Gasteiger partial charge in [-0.15, -0.1) is 10.2 Å². The zero-order valence-corrected chi connectivity index (χ0v) is 18.3. The lowest BCUT2D eigenvalue weighted by atomic mass is 10.2. The number of halogens is 1. The molecular weight excluding hydrogens is 420 g/mol. The van der Waals surface area contributed by atoms with E-state index in [-0.39, 0.29) is 5.91 Å². The van der Waals surface area contributed by atoms with Crippen LogP contribution in [0.3, 0.4) is 0 Å². The van der Waals surface area contributed by atoms with Crippen molar-refractivity contribution in [2.45, 2.75) is 24.9 Å². The highest BCUT2D eigenvalue weighted by Gasteiger charge is 2.21. The number of benzene rings is 2. The molecule has 0 saturated carbocycles. The molecule has 2 heterocycles. The van der Waals surface area contributed by atoms with Crippen molar-refractivity contribution in [2.24, 2.45) is 0 Å². The summed E-state index contributed by atoms with van der Waals surface area (Å²) < 4.78 is 7.52. The summed E-state index contributed by atoms with van der Waals surface area (Å²) in [6, 6.07) is 15.3. The highest BCUT2D eigenvalue weighted by Crippen LogP contribution is 2.30. The van der Waals surface area contributed by atoms with Crippen LogP contribution >= 0.6 is 23.4 Å². The highest BCUT2D eigenvalue weighted by molar-refractivity contribution is 7.99. The normalized spacial score (nSPS) is 13.6. The van der Waals surface area contributed by atoms with E-state index in [9.17, 15) is 4.79 Å². The molecule has 2 aromatic carbocycles. The summed E-state index contributed by atoms with van der Waals surface area (Å²) in [6.07, 6.45) is 2.16. The topological polar surface area (TPSA) is 60.2 Å². The van der Waals surface area contributed by atoms with E-state index in [0.717, 1.165) is 42.9 Å². The fourth-order valence-electron chi connectivity index (χ4n) is 3.45. The zero-order valence-electron chi connectivity index (χ0n) is 16.8. The van der Waals surface area contributed by atoms with E-state index in [4.69, 9.17) is 16.3 Å². The molecule has 8 heteroatoms. The Kier molecular flexibility index (Phi) is 6.59.